The number of fused-ring (bicyclic) bond motifs is 1. The maximum Gasteiger partial charge on any atom is 0.305 e. The maximum absolute atomic E-state index is 13.2. The summed E-state index contributed by atoms with van der Waals surface area (Å²) in [5.74, 6) is -1.62. The van der Waals surface area contributed by atoms with Gasteiger partial charge in [0, 0.05) is 11.3 Å². The van der Waals surface area contributed by atoms with Crippen LogP contribution in [0, 0.1) is 5.82 Å². The van der Waals surface area contributed by atoms with Crippen molar-refractivity contribution in [2.45, 2.75) is 57.9 Å². The molecule has 0 atom stereocenters. The normalized spacial score (nSPS) is 13.4. The van der Waals surface area contributed by atoms with Crippen molar-refractivity contribution in [3.05, 3.63) is 47.0 Å². The summed E-state index contributed by atoms with van der Waals surface area (Å²) in [4.78, 5) is 24.2. The van der Waals surface area contributed by atoms with Gasteiger partial charge in [0.05, 0.1) is 17.6 Å². The SMILES string of the molecule is CCC(CC)(CC(=O)O)NC(=O)c1nn(-c2ccc(F)cc2)c2c1CCC2. The number of aromatic nitrogens is 2. The summed E-state index contributed by atoms with van der Waals surface area (Å²) in [6.07, 6.45) is 3.38. The number of nitrogens with one attached hydrogen (secondary N) is 1. The van der Waals surface area contributed by atoms with Crippen LogP contribution in [0.2, 0.25) is 0 Å². The molecule has 144 valence electrons. The first-order valence-corrected chi connectivity index (χ1v) is 9.30. The number of rotatable bonds is 7. The van der Waals surface area contributed by atoms with Gasteiger partial charge < -0.3 is 10.4 Å². The topological polar surface area (TPSA) is 84.2 Å². The highest BCUT2D eigenvalue weighted by molar-refractivity contribution is 5.95. The van der Waals surface area contributed by atoms with Gasteiger partial charge in [-0.15, -0.1) is 0 Å². The maximum atomic E-state index is 13.2. The predicted molar refractivity (Wildman–Crippen MR) is 98.6 cm³/mol. The fraction of sp³-hybridized carbons (Fsp3) is 0.450. The Balaban J connectivity index is 1.95. The minimum absolute atomic E-state index is 0.132. The molecule has 0 bridgehead atoms. The van der Waals surface area contributed by atoms with Gasteiger partial charge in [0.15, 0.2) is 5.69 Å². The first-order chi connectivity index (χ1) is 12.9. The molecule has 1 heterocycles. The first-order valence-electron chi connectivity index (χ1n) is 9.30. The van der Waals surface area contributed by atoms with E-state index in [0.717, 1.165) is 30.5 Å². The Morgan fingerprint density at radius 3 is 2.48 bits per heavy atom. The van der Waals surface area contributed by atoms with Crippen LogP contribution in [0.15, 0.2) is 24.3 Å². The van der Waals surface area contributed by atoms with Crippen molar-refractivity contribution in [3.63, 3.8) is 0 Å². The van der Waals surface area contributed by atoms with Gasteiger partial charge in [0.25, 0.3) is 5.91 Å². The van der Waals surface area contributed by atoms with Crippen molar-refractivity contribution in [2.24, 2.45) is 0 Å². The second-order valence-electron chi connectivity index (χ2n) is 7.03. The molecule has 0 saturated heterocycles. The number of carbonyl (C=O) groups is 2. The molecule has 1 aliphatic carbocycles. The van der Waals surface area contributed by atoms with Crippen LogP contribution in [0.5, 0.6) is 0 Å². The van der Waals surface area contributed by atoms with Crippen molar-refractivity contribution in [2.75, 3.05) is 0 Å². The summed E-state index contributed by atoms with van der Waals surface area (Å²) in [5.41, 5.74) is 2.10. The number of nitrogens with zero attached hydrogens (tertiary/aromatic N) is 2. The van der Waals surface area contributed by atoms with E-state index in [-0.39, 0.29) is 18.1 Å². The van der Waals surface area contributed by atoms with E-state index in [1.807, 2.05) is 13.8 Å². The summed E-state index contributed by atoms with van der Waals surface area (Å²) in [7, 11) is 0. The molecule has 27 heavy (non-hydrogen) atoms. The van der Waals surface area contributed by atoms with Crippen molar-refractivity contribution in [3.8, 4) is 5.69 Å². The molecular formula is C20H24FN3O3. The minimum Gasteiger partial charge on any atom is -0.481 e. The lowest BCUT2D eigenvalue weighted by Gasteiger charge is -2.31. The third-order valence-electron chi connectivity index (χ3n) is 5.44. The average Bonchev–Trinajstić information content (AvgIpc) is 3.24. The van der Waals surface area contributed by atoms with E-state index in [4.69, 9.17) is 0 Å². The molecule has 6 nitrogen and oxygen atoms in total. The summed E-state index contributed by atoms with van der Waals surface area (Å²) in [6.45, 7) is 3.74. The lowest BCUT2D eigenvalue weighted by molar-refractivity contribution is -0.138. The molecule has 1 aromatic heterocycles. The highest BCUT2D eigenvalue weighted by Crippen LogP contribution is 2.29. The van der Waals surface area contributed by atoms with Crippen LogP contribution < -0.4 is 5.32 Å². The molecule has 0 unspecified atom stereocenters. The Bertz CT molecular complexity index is 854. The monoisotopic (exact) mass is 373 g/mol. The van der Waals surface area contributed by atoms with Gasteiger partial charge in [-0.05, 0) is 56.4 Å². The number of halogens is 1. The smallest absolute Gasteiger partial charge is 0.305 e. The quantitative estimate of drug-likeness (QED) is 0.780. The molecular weight excluding hydrogens is 349 g/mol. The van der Waals surface area contributed by atoms with Crippen LogP contribution in [0.4, 0.5) is 4.39 Å². The standard InChI is InChI=1S/C20H24FN3O3/c1-3-20(4-2,12-17(25)26)22-19(27)18-15-6-5-7-16(15)24(23-18)14-10-8-13(21)9-11-14/h8-11H,3-7,12H2,1-2H3,(H,22,27)(H,25,26). The number of hydrogen-bond donors (Lipinski definition) is 2. The Hall–Kier alpha value is -2.70. The summed E-state index contributed by atoms with van der Waals surface area (Å²) in [5, 5.41) is 16.6. The van der Waals surface area contributed by atoms with Gasteiger partial charge in [0.2, 0.25) is 0 Å². The number of benzene rings is 1. The molecule has 0 aliphatic heterocycles. The molecule has 1 aliphatic rings. The lowest BCUT2D eigenvalue weighted by Crippen LogP contribution is -2.49. The minimum atomic E-state index is -0.943. The molecule has 2 aromatic rings. The number of carboxylic acids is 1. The van der Waals surface area contributed by atoms with Crippen LogP contribution in [0.3, 0.4) is 0 Å². The summed E-state index contributed by atoms with van der Waals surface area (Å²) >= 11 is 0. The van der Waals surface area contributed by atoms with E-state index in [2.05, 4.69) is 10.4 Å². The second kappa shape index (κ2) is 7.50. The van der Waals surface area contributed by atoms with E-state index in [9.17, 15) is 19.1 Å². The van der Waals surface area contributed by atoms with Gasteiger partial charge >= 0.3 is 5.97 Å². The van der Waals surface area contributed by atoms with E-state index in [1.165, 1.54) is 12.1 Å². The third kappa shape index (κ3) is 3.72. The van der Waals surface area contributed by atoms with Crippen molar-refractivity contribution in [1.82, 2.24) is 15.1 Å². The number of aliphatic carboxylic acids is 1. The number of carbonyl (C=O) groups excluding carboxylic acids is 1. The van der Waals surface area contributed by atoms with Crippen molar-refractivity contribution < 1.29 is 19.1 Å². The van der Waals surface area contributed by atoms with Gasteiger partial charge in [-0.3, -0.25) is 9.59 Å². The molecule has 0 radical (unpaired) electrons. The second-order valence-corrected chi connectivity index (χ2v) is 7.03. The van der Waals surface area contributed by atoms with E-state index in [0.29, 0.717) is 24.2 Å². The van der Waals surface area contributed by atoms with Crippen LogP contribution in [0.25, 0.3) is 5.69 Å². The molecule has 0 fully saturated rings. The van der Waals surface area contributed by atoms with Gasteiger partial charge in [-0.1, -0.05) is 13.8 Å². The zero-order chi connectivity index (χ0) is 19.6. The fourth-order valence-corrected chi connectivity index (χ4v) is 3.73. The highest BCUT2D eigenvalue weighted by atomic mass is 19.1. The highest BCUT2D eigenvalue weighted by Gasteiger charge is 2.34. The Labute approximate surface area is 157 Å². The van der Waals surface area contributed by atoms with Crippen LogP contribution in [-0.2, 0) is 17.6 Å². The van der Waals surface area contributed by atoms with E-state index in [1.54, 1.807) is 16.8 Å². The van der Waals surface area contributed by atoms with E-state index >= 15 is 0 Å². The molecule has 3 rings (SSSR count). The molecule has 1 aromatic carbocycles. The Kier molecular flexibility index (Phi) is 5.30. The number of hydrogen-bond acceptors (Lipinski definition) is 3. The van der Waals surface area contributed by atoms with Crippen molar-refractivity contribution >= 4 is 11.9 Å². The lowest BCUT2D eigenvalue weighted by atomic mass is 9.88. The molecule has 0 saturated carbocycles. The number of carboxylic acid groups (broad SMARTS) is 1. The van der Waals surface area contributed by atoms with Gasteiger partial charge in [-0.2, -0.15) is 5.10 Å². The van der Waals surface area contributed by atoms with Crippen LogP contribution in [0.1, 0.15) is 61.3 Å². The van der Waals surface area contributed by atoms with Gasteiger partial charge in [0.1, 0.15) is 5.82 Å². The fourth-order valence-electron chi connectivity index (χ4n) is 3.73. The Morgan fingerprint density at radius 1 is 1.22 bits per heavy atom. The third-order valence-corrected chi connectivity index (χ3v) is 5.44. The molecule has 7 heteroatoms. The molecule has 0 spiro atoms. The zero-order valence-corrected chi connectivity index (χ0v) is 15.6. The van der Waals surface area contributed by atoms with E-state index < -0.39 is 11.5 Å². The first kappa shape index (κ1) is 19.1. The molecule has 2 N–H and O–H groups in total. The predicted octanol–water partition coefficient (Wildman–Crippen LogP) is 3.26. The van der Waals surface area contributed by atoms with Crippen LogP contribution in [-0.4, -0.2) is 32.3 Å². The summed E-state index contributed by atoms with van der Waals surface area (Å²) in [6, 6.07) is 6.00. The zero-order valence-electron chi connectivity index (χ0n) is 15.6. The average molecular weight is 373 g/mol. The largest absolute Gasteiger partial charge is 0.481 e. The Morgan fingerprint density at radius 2 is 1.89 bits per heavy atom. The summed E-state index contributed by atoms with van der Waals surface area (Å²) < 4.78 is 14.9. The number of amides is 1. The van der Waals surface area contributed by atoms with Crippen LogP contribution >= 0.6 is 0 Å². The van der Waals surface area contributed by atoms with Crippen molar-refractivity contribution in [1.29, 1.82) is 0 Å². The molecule has 1 amide bonds. The van der Waals surface area contributed by atoms with Gasteiger partial charge in [-0.25, -0.2) is 9.07 Å².